The summed E-state index contributed by atoms with van der Waals surface area (Å²) in [5.74, 6) is -0.0472. The van der Waals surface area contributed by atoms with Crippen molar-refractivity contribution >= 4 is 34.1 Å². The Bertz CT molecular complexity index is 983. The van der Waals surface area contributed by atoms with Crippen molar-refractivity contribution in [2.45, 2.75) is 37.1 Å². The Labute approximate surface area is 165 Å². The molecule has 6 nitrogen and oxygen atoms in total. The van der Waals surface area contributed by atoms with E-state index in [1.54, 1.807) is 6.92 Å². The number of nitrogens with zero attached hydrogens (tertiary/aromatic N) is 2. The summed E-state index contributed by atoms with van der Waals surface area (Å²) >= 11 is 2.60. The molecule has 8 heteroatoms. The number of benzene rings is 1. The number of aromatic amines is 1. The molecule has 0 aliphatic heterocycles. The average molecular weight is 401 g/mol. The van der Waals surface area contributed by atoms with Gasteiger partial charge >= 0.3 is 0 Å². The molecule has 1 unspecified atom stereocenters. The van der Waals surface area contributed by atoms with Crippen LogP contribution in [-0.2, 0) is 4.79 Å². The molecule has 2 N–H and O–H groups in total. The van der Waals surface area contributed by atoms with Crippen LogP contribution < -0.4 is 10.9 Å². The van der Waals surface area contributed by atoms with E-state index in [-0.39, 0.29) is 17.4 Å². The summed E-state index contributed by atoms with van der Waals surface area (Å²) in [6.45, 7) is 5.71. The minimum Gasteiger partial charge on any atom is -0.301 e. The number of carbonyl (C=O) groups excluding carboxylic acids is 1. The Kier molecular flexibility index (Phi) is 6.08. The molecule has 0 aliphatic carbocycles. The number of nitrogens with one attached hydrogen (secondary N) is 2. The zero-order chi connectivity index (χ0) is 19.4. The third-order valence-corrected chi connectivity index (χ3v) is 5.53. The van der Waals surface area contributed by atoms with Crippen LogP contribution in [0.5, 0.6) is 0 Å². The van der Waals surface area contributed by atoms with Crippen LogP contribution in [0.1, 0.15) is 32.4 Å². The van der Waals surface area contributed by atoms with E-state index in [1.807, 2.05) is 49.6 Å². The Morgan fingerprint density at radius 1 is 1.19 bits per heavy atom. The lowest BCUT2D eigenvalue weighted by atomic mass is 10.1. The summed E-state index contributed by atoms with van der Waals surface area (Å²) in [7, 11) is 0. The van der Waals surface area contributed by atoms with Crippen molar-refractivity contribution in [3.8, 4) is 11.3 Å². The van der Waals surface area contributed by atoms with Gasteiger partial charge in [-0.2, -0.15) is 0 Å². The maximum absolute atomic E-state index is 12.5. The summed E-state index contributed by atoms with van der Waals surface area (Å²) in [6.07, 6.45) is 0. The predicted octanol–water partition coefficient (Wildman–Crippen LogP) is 4.14. The Balaban J connectivity index is 1.66. The average Bonchev–Trinajstić information content (AvgIpc) is 3.10. The number of thioether (sulfide) groups is 1. The van der Waals surface area contributed by atoms with Gasteiger partial charge in [-0.1, -0.05) is 55.9 Å². The molecule has 0 spiro atoms. The lowest BCUT2D eigenvalue weighted by Crippen LogP contribution is -2.23. The molecule has 0 radical (unpaired) electrons. The smallest absolute Gasteiger partial charge is 0.251 e. The van der Waals surface area contributed by atoms with Crippen LogP contribution in [0.2, 0.25) is 0 Å². The van der Waals surface area contributed by atoms with Gasteiger partial charge in [-0.05, 0) is 12.8 Å². The monoisotopic (exact) mass is 400 g/mol. The highest BCUT2D eigenvalue weighted by molar-refractivity contribution is 8.00. The molecular weight excluding hydrogens is 380 g/mol. The van der Waals surface area contributed by atoms with E-state index < -0.39 is 5.25 Å². The highest BCUT2D eigenvalue weighted by Gasteiger charge is 2.18. The van der Waals surface area contributed by atoms with Crippen LogP contribution in [0.25, 0.3) is 11.3 Å². The van der Waals surface area contributed by atoms with Gasteiger partial charge in [0.25, 0.3) is 5.56 Å². The van der Waals surface area contributed by atoms with E-state index in [4.69, 9.17) is 0 Å². The third-order valence-electron chi connectivity index (χ3n) is 3.79. The second kappa shape index (κ2) is 8.49. The van der Waals surface area contributed by atoms with Crippen molar-refractivity contribution in [1.82, 2.24) is 15.0 Å². The van der Waals surface area contributed by atoms with Gasteiger partial charge in [-0.25, -0.2) is 9.97 Å². The molecule has 0 bridgehead atoms. The van der Waals surface area contributed by atoms with Gasteiger partial charge in [0.1, 0.15) is 0 Å². The van der Waals surface area contributed by atoms with Gasteiger partial charge < -0.3 is 10.3 Å². The van der Waals surface area contributed by atoms with Crippen molar-refractivity contribution in [2.75, 3.05) is 5.32 Å². The minimum absolute atomic E-state index is 0.141. The fraction of sp³-hybridized carbons (Fsp3) is 0.263. The predicted molar refractivity (Wildman–Crippen MR) is 110 cm³/mol. The molecule has 1 aromatic carbocycles. The molecule has 1 atom stereocenters. The second-order valence-electron chi connectivity index (χ2n) is 6.28. The summed E-state index contributed by atoms with van der Waals surface area (Å²) in [5, 5.41) is 5.30. The summed E-state index contributed by atoms with van der Waals surface area (Å²) in [6, 6.07) is 11.3. The summed E-state index contributed by atoms with van der Waals surface area (Å²) in [4.78, 5) is 35.8. The molecule has 0 saturated heterocycles. The van der Waals surface area contributed by atoms with E-state index in [0.29, 0.717) is 16.0 Å². The molecule has 3 rings (SSSR count). The van der Waals surface area contributed by atoms with Gasteiger partial charge in [-0.3, -0.25) is 9.59 Å². The number of rotatable bonds is 6. The number of hydrogen-bond acceptors (Lipinski definition) is 6. The first-order valence-electron chi connectivity index (χ1n) is 8.52. The molecule has 2 aromatic heterocycles. The van der Waals surface area contributed by atoms with E-state index >= 15 is 0 Å². The van der Waals surface area contributed by atoms with Gasteiger partial charge in [0, 0.05) is 17.0 Å². The zero-order valence-corrected chi connectivity index (χ0v) is 16.9. The molecule has 27 heavy (non-hydrogen) atoms. The van der Waals surface area contributed by atoms with Gasteiger partial charge in [0.15, 0.2) is 10.3 Å². The van der Waals surface area contributed by atoms with E-state index in [9.17, 15) is 9.59 Å². The first kappa shape index (κ1) is 19.3. The molecule has 0 fully saturated rings. The quantitative estimate of drug-likeness (QED) is 0.480. The number of aromatic nitrogens is 3. The third kappa shape index (κ3) is 5.05. The highest BCUT2D eigenvalue weighted by atomic mass is 32.2. The van der Waals surface area contributed by atoms with Crippen LogP contribution >= 0.6 is 23.1 Å². The molecule has 0 aliphatic rings. The highest BCUT2D eigenvalue weighted by Crippen LogP contribution is 2.26. The number of thiazole rings is 1. The van der Waals surface area contributed by atoms with Crippen LogP contribution in [0.15, 0.2) is 51.7 Å². The topological polar surface area (TPSA) is 87.7 Å². The van der Waals surface area contributed by atoms with Crippen molar-refractivity contribution in [3.05, 3.63) is 57.8 Å². The molecule has 2 heterocycles. The minimum atomic E-state index is -0.431. The van der Waals surface area contributed by atoms with E-state index in [1.165, 1.54) is 29.2 Å². The first-order chi connectivity index (χ1) is 12.9. The lowest BCUT2D eigenvalue weighted by Gasteiger charge is -2.11. The number of anilines is 1. The summed E-state index contributed by atoms with van der Waals surface area (Å²) < 4.78 is 0. The number of hydrogen-bond donors (Lipinski definition) is 2. The fourth-order valence-corrected chi connectivity index (χ4v) is 3.85. The van der Waals surface area contributed by atoms with E-state index in [2.05, 4.69) is 20.3 Å². The molecule has 140 valence electrons. The van der Waals surface area contributed by atoms with E-state index in [0.717, 1.165) is 11.3 Å². The van der Waals surface area contributed by atoms with Crippen molar-refractivity contribution < 1.29 is 4.79 Å². The maximum atomic E-state index is 12.5. The number of amides is 1. The van der Waals surface area contributed by atoms with Gasteiger partial charge in [0.2, 0.25) is 5.91 Å². The van der Waals surface area contributed by atoms with Crippen molar-refractivity contribution in [2.24, 2.45) is 0 Å². The first-order valence-corrected chi connectivity index (χ1v) is 10.3. The number of carbonyl (C=O) groups is 1. The van der Waals surface area contributed by atoms with Crippen LogP contribution in [0, 0.1) is 0 Å². The molecule has 0 saturated carbocycles. The van der Waals surface area contributed by atoms with Crippen LogP contribution in [0.3, 0.4) is 0 Å². The SMILES string of the molecule is CC(Sc1nc(C(C)C)cc(=O)[nH]1)C(=O)Nc1nc(-c2ccccc2)cs1. The maximum Gasteiger partial charge on any atom is 0.251 e. The lowest BCUT2D eigenvalue weighted by molar-refractivity contribution is -0.115. The van der Waals surface area contributed by atoms with Crippen molar-refractivity contribution in [1.29, 1.82) is 0 Å². The zero-order valence-electron chi connectivity index (χ0n) is 15.2. The van der Waals surface area contributed by atoms with Crippen LogP contribution in [0.4, 0.5) is 5.13 Å². The standard InChI is InChI=1S/C19H20N4O2S2/c1-11(2)14-9-16(24)22-19(20-14)27-12(3)17(25)23-18-21-15(10-26-18)13-7-5-4-6-8-13/h4-12H,1-3H3,(H,20,22,24)(H,21,23,25). The summed E-state index contributed by atoms with van der Waals surface area (Å²) in [5.41, 5.74) is 2.33. The fourth-order valence-electron chi connectivity index (χ4n) is 2.31. The molecule has 1 amide bonds. The number of H-pyrrole nitrogens is 1. The van der Waals surface area contributed by atoms with Gasteiger partial charge in [0.05, 0.1) is 16.6 Å². The Morgan fingerprint density at radius 2 is 1.93 bits per heavy atom. The normalized spacial score (nSPS) is 12.1. The molecular formula is C19H20N4O2S2. The largest absolute Gasteiger partial charge is 0.301 e. The molecule has 3 aromatic rings. The van der Waals surface area contributed by atoms with Gasteiger partial charge in [-0.15, -0.1) is 11.3 Å². The Morgan fingerprint density at radius 3 is 2.63 bits per heavy atom. The second-order valence-corrected chi connectivity index (χ2v) is 8.47. The van der Waals surface area contributed by atoms with Crippen LogP contribution in [-0.4, -0.2) is 26.1 Å². The Hall–Kier alpha value is -2.45. The van der Waals surface area contributed by atoms with Crippen molar-refractivity contribution in [3.63, 3.8) is 0 Å².